The molecule has 1 aliphatic rings. The molecule has 1 fully saturated rings. The zero-order valence-electron chi connectivity index (χ0n) is 14.8. The number of hydrogen-bond donors (Lipinski definition) is 1. The molecule has 0 amide bonds. The molecule has 2 aromatic heterocycles. The minimum absolute atomic E-state index is 0.0707. The number of benzene rings is 1. The highest BCUT2D eigenvalue weighted by molar-refractivity contribution is 5.79. The van der Waals surface area contributed by atoms with Crippen LogP contribution in [-0.4, -0.2) is 34.1 Å². The van der Waals surface area contributed by atoms with Crippen molar-refractivity contribution >= 4 is 22.7 Å². The normalized spacial score (nSPS) is 15.3. The maximum absolute atomic E-state index is 13.8. The van der Waals surface area contributed by atoms with Gasteiger partial charge in [0.15, 0.2) is 23.2 Å². The molecule has 140 valence electrons. The van der Waals surface area contributed by atoms with E-state index in [1.807, 2.05) is 17.9 Å². The molecular formula is C19H19F2N5O. The van der Waals surface area contributed by atoms with E-state index >= 15 is 0 Å². The number of nitrogens with zero attached hydrogens (tertiary/aromatic N) is 4. The minimum atomic E-state index is -0.690. The number of fused-ring (bicyclic) bond motifs is 1. The van der Waals surface area contributed by atoms with Crippen LogP contribution in [0, 0.1) is 18.6 Å². The van der Waals surface area contributed by atoms with Gasteiger partial charge >= 0.3 is 0 Å². The van der Waals surface area contributed by atoms with Gasteiger partial charge in [0.05, 0.1) is 11.7 Å². The third kappa shape index (κ3) is 3.60. The van der Waals surface area contributed by atoms with Gasteiger partial charge in [-0.15, -0.1) is 0 Å². The molecule has 27 heavy (non-hydrogen) atoms. The first kappa shape index (κ1) is 17.4. The fourth-order valence-electron chi connectivity index (χ4n) is 3.23. The monoisotopic (exact) mass is 371 g/mol. The highest BCUT2D eigenvalue weighted by Crippen LogP contribution is 2.28. The second kappa shape index (κ2) is 6.94. The van der Waals surface area contributed by atoms with Gasteiger partial charge in [0.25, 0.3) is 0 Å². The van der Waals surface area contributed by atoms with Crippen molar-refractivity contribution < 1.29 is 13.5 Å². The molecule has 0 unspecified atom stereocenters. The second-order valence-electron chi connectivity index (χ2n) is 6.63. The Morgan fingerprint density at radius 2 is 1.89 bits per heavy atom. The first-order valence-electron chi connectivity index (χ1n) is 8.76. The summed E-state index contributed by atoms with van der Waals surface area (Å²) in [7, 11) is 0. The maximum Gasteiger partial charge on any atom is 0.172 e. The molecule has 3 aromatic rings. The number of nitrogens with two attached hydrogens (primary N) is 1. The first-order valence-corrected chi connectivity index (χ1v) is 8.76. The van der Waals surface area contributed by atoms with E-state index in [0.717, 1.165) is 11.8 Å². The molecule has 3 heterocycles. The summed E-state index contributed by atoms with van der Waals surface area (Å²) in [6, 6.07) is 5.18. The van der Waals surface area contributed by atoms with Gasteiger partial charge in [0.1, 0.15) is 17.4 Å². The van der Waals surface area contributed by atoms with Gasteiger partial charge in [-0.3, -0.25) is 4.98 Å². The van der Waals surface area contributed by atoms with Crippen LogP contribution in [-0.2, 0) is 0 Å². The van der Waals surface area contributed by atoms with Crippen LogP contribution < -0.4 is 15.4 Å². The zero-order chi connectivity index (χ0) is 19.0. The van der Waals surface area contributed by atoms with E-state index in [1.165, 1.54) is 12.1 Å². The third-order valence-electron chi connectivity index (χ3n) is 4.62. The number of anilines is 2. The number of hydrogen-bond acceptors (Lipinski definition) is 6. The first-order chi connectivity index (χ1) is 13.0. The van der Waals surface area contributed by atoms with E-state index in [1.54, 1.807) is 6.20 Å². The van der Waals surface area contributed by atoms with E-state index in [9.17, 15) is 8.78 Å². The van der Waals surface area contributed by atoms with E-state index in [0.29, 0.717) is 48.6 Å². The van der Waals surface area contributed by atoms with E-state index in [2.05, 4.69) is 15.0 Å². The fraction of sp³-hybridized carbons (Fsp3) is 0.316. The quantitative estimate of drug-likeness (QED) is 0.762. The summed E-state index contributed by atoms with van der Waals surface area (Å²) < 4.78 is 32.5. The molecule has 0 atom stereocenters. The molecule has 1 aliphatic heterocycles. The molecule has 0 radical (unpaired) electrons. The molecular weight excluding hydrogens is 352 g/mol. The Kier molecular flexibility index (Phi) is 4.47. The number of pyridine rings is 1. The number of rotatable bonds is 3. The lowest BCUT2D eigenvalue weighted by Gasteiger charge is -2.33. The van der Waals surface area contributed by atoms with Crippen molar-refractivity contribution in [2.75, 3.05) is 23.7 Å². The lowest BCUT2D eigenvalue weighted by molar-refractivity contribution is 0.163. The zero-order valence-corrected chi connectivity index (χ0v) is 14.8. The summed E-state index contributed by atoms with van der Waals surface area (Å²) in [5, 5.41) is 0. The van der Waals surface area contributed by atoms with Crippen molar-refractivity contribution in [3.8, 4) is 5.75 Å². The fourth-order valence-corrected chi connectivity index (χ4v) is 3.23. The van der Waals surface area contributed by atoms with Crippen molar-refractivity contribution in [1.29, 1.82) is 0 Å². The van der Waals surface area contributed by atoms with E-state index in [4.69, 9.17) is 10.5 Å². The lowest BCUT2D eigenvalue weighted by atomic mass is 10.1. The molecule has 4 rings (SSSR count). The van der Waals surface area contributed by atoms with Gasteiger partial charge in [-0.25, -0.2) is 18.7 Å². The third-order valence-corrected chi connectivity index (χ3v) is 4.62. The number of piperidine rings is 1. The molecule has 1 saturated heterocycles. The number of aryl methyl sites for hydroxylation is 1. The molecule has 0 spiro atoms. The van der Waals surface area contributed by atoms with Crippen LogP contribution in [0.3, 0.4) is 0 Å². The molecule has 8 heteroatoms. The Hall–Kier alpha value is -3.03. The van der Waals surface area contributed by atoms with Crippen molar-refractivity contribution in [3.05, 3.63) is 47.8 Å². The van der Waals surface area contributed by atoms with Crippen LogP contribution in [0.5, 0.6) is 5.75 Å². The van der Waals surface area contributed by atoms with Gasteiger partial charge < -0.3 is 15.4 Å². The van der Waals surface area contributed by atoms with Crippen LogP contribution in [0.1, 0.15) is 18.5 Å². The van der Waals surface area contributed by atoms with Crippen LogP contribution in [0.2, 0.25) is 0 Å². The Morgan fingerprint density at radius 3 is 2.63 bits per heavy atom. The Balaban J connectivity index is 1.46. The number of halogens is 2. The molecule has 2 N–H and O–H groups in total. The van der Waals surface area contributed by atoms with Gasteiger partial charge in [-0.1, -0.05) is 0 Å². The average Bonchev–Trinajstić information content (AvgIpc) is 2.64. The largest absolute Gasteiger partial charge is 0.487 e. The summed E-state index contributed by atoms with van der Waals surface area (Å²) in [6.07, 6.45) is 2.87. The van der Waals surface area contributed by atoms with E-state index < -0.39 is 11.6 Å². The summed E-state index contributed by atoms with van der Waals surface area (Å²) >= 11 is 0. The number of aromatic nitrogens is 3. The predicted octanol–water partition coefficient (Wildman–Crippen LogP) is 3.24. The van der Waals surface area contributed by atoms with Crippen molar-refractivity contribution in [2.45, 2.75) is 25.9 Å². The second-order valence-corrected chi connectivity index (χ2v) is 6.63. The van der Waals surface area contributed by atoms with Crippen molar-refractivity contribution in [2.24, 2.45) is 0 Å². The van der Waals surface area contributed by atoms with Crippen molar-refractivity contribution in [1.82, 2.24) is 15.0 Å². The Morgan fingerprint density at radius 1 is 1.11 bits per heavy atom. The van der Waals surface area contributed by atoms with Crippen LogP contribution in [0.25, 0.3) is 11.0 Å². The van der Waals surface area contributed by atoms with Gasteiger partial charge in [-0.05, 0) is 25.1 Å². The smallest absolute Gasteiger partial charge is 0.172 e. The summed E-state index contributed by atoms with van der Waals surface area (Å²) in [6.45, 7) is 3.19. The summed E-state index contributed by atoms with van der Waals surface area (Å²) in [5.74, 6) is -0.243. The number of nitrogen functional groups attached to an aromatic ring is 1. The highest BCUT2D eigenvalue weighted by atomic mass is 19.1. The molecule has 6 nitrogen and oxygen atoms in total. The maximum atomic E-state index is 13.8. The van der Waals surface area contributed by atoms with Gasteiger partial charge in [-0.2, -0.15) is 0 Å². The van der Waals surface area contributed by atoms with Gasteiger partial charge in [0.2, 0.25) is 0 Å². The summed E-state index contributed by atoms with van der Waals surface area (Å²) in [4.78, 5) is 15.3. The molecule has 0 bridgehead atoms. The van der Waals surface area contributed by atoms with Gasteiger partial charge in [0, 0.05) is 37.7 Å². The SMILES string of the molecule is Cc1cc2nc(N)c(N3CCC(Oc4ccc(F)cc4F)CC3)nc2cn1. The van der Waals surface area contributed by atoms with Crippen LogP contribution >= 0.6 is 0 Å². The summed E-state index contributed by atoms with van der Waals surface area (Å²) in [5.41, 5.74) is 8.37. The molecule has 0 saturated carbocycles. The number of ether oxygens (including phenoxy) is 1. The minimum Gasteiger partial charge on any atom is -0.487 e. The molecule has 1 aromatic carbocycles. The average molecular weight is 371 g/mol. The van der Waals surface area contributed by atoms with Crippen LogP contribution in [0.15, 0.2) is 30.5 Å². The molecule has 0 aliphatic carbocycles. The lowest BCUT2D eigenvalue weighted by Crippen LogP contribution is -2.39. The van der Waals surface area contributed by atoms with Crippen LogP contribution in [0.4, 0.5) is 20.4 Å². The van der Waals surface area contributed by atoms with E-state index in [-0.39, 0.29) is 11.9 Å². The highest BCUT2D eigenvalue weighted by Gasteiger charge is 2.24. The topological polar surface area (TPSA) is 77.2 Å². The predicted molar refractivity (Wildman–Crippen MR) is 98.7 cm³/mol. The standard InChI is InChI=1S/C19H19F2N5O/c1-11-8-15-16(10-23-11)25-19(18(22)24-15)26-6-4-13(5-7-26)27-17-3-2-12(20)9-14(17)21/h2-3,8-10,13H,4-7H2,1H3,(H2,22,24). The van der Waals surface area contributed by atoms with Crippen molar-refractivity contribution in [3.63, 3.8) is 0 Å². The Bertz CT molecular complexity index is 989. The Labute approximate surface area is 155 Å².